The van der Waals surface area contributed by atoms with E-state index >= 15 is 0 Å². The summed E-state index contributed by atoms with van der Waals surface area (Å²) in [6, 6.07) is 0. The summed E-state index contributed by atoms with van der Waals surface area (Å²) in [6.45, 7) is 13.0. The number of carbonyl (C=O) groups excluding carboxylic acids is 1. The third-order valence-electron chi connectivity index (χ3n) is 4.43. The molecule has 7 heteroatoms. The van der Waals surface area contributed by atoms with Crippen molar-refractivity contribution in [2.24, 2.45) is 11.8 Å². The Morgan fingerprint density at radius 1 is 1.31 bits per heavy atom. The molecule has 2 aromatic heterocycles. The van der Waals surface area contributed by atoms with Gasteiger partial charge in [0.25, 0.3) is 5.56 Å². The highest BCUT2D eigenvalue weighted by atomic mass is 32.2. The Morgan fingerprint density at radius 2 is 2.00 bits per heavy atom. The van der Waals surface area contributed by atoms with Crippen molar-refractivity contribution < 1.29 is 4.79 Å². The number of rotatable bonds is 8. The van der Waals surface area contributed by atoms with Crippen molar-refractivity contribution in [3.63, 3.8) is 0 Å². The van der Waals surface area contributed by atoms with E-state index in [-0.39, 0.29) is 16.7 Å². The summed E-state index contributed by atoms with van der Waals surface area (Å²) in [5.74, 6) is 0.902. The number of thiophene rings is 1. The zero-order chi connectivity index (χ0) is 19.4. The molecule has 2 heterocycles. The van der Waals surface area contributed by atoms with Gasteiger partial charge in [0.2, 0.25) is 5.91 Å². The summed E-state index contributed by atoms with van der Waals surface area (Å²) in [6.07, 6.45) is 1.98. The van der Waals surface area contributed by atoms with Crippen LogP contribution >= 0.6 is 23.1 Å². The molecule has 5 nitrogen and oxygen atoms in total. The van der Waals surface area contributed by atoms with E-state index < -0.39 is 0 Å². The van der Waals surface area contributed by atoms with Gasteiger partial charge < -0.3 is 10.3 Å². The first-order valence-electron chi connectivity index (χ1n) is 9.19. The number of thioether (sulfide) groups is 1. The van der Waals surface area contributed by atoms with Crippen molar-refractivity contribution in [1.29, 1.82) is 0 Å². The first-order valence-corrected chi connectivity index (χ1v) is 10.9. The molecule has 0 radical (unpaired) electrons. The molecule has 144 valence electrons. The highest BCUT2D eigenvalue weighted by Gasteiger charge is 2.20. The summed E-state index contributed by atoms with van der Waals surface area (Å²) in [5.41, 5.74) is 1.02. The van der Waals surface area contributed by atoms with Crippen LogP contribution in [0.15, 0.2) is 9.95 Å². The number of hydrogen-bond donors (Lipinski definition) is 2. The maximum Gasteiger partial charge on any atom is 0.260 e. The Hall–Kier alpha value is -1.34. The predicted molar refractivity (Wildman–Crippen MR) is 111 cm³/mol. The molecule has 0 saturated carbocycles. The Bertz CT molecular complexity index is 826. The molecule has 0 spiro atoms. The number of fused-ring (bicyclic) bond motifs is 1. The lowest BCUT2D eigenvalue weighted by atomic mass is 9.98. The summed E-state index contributed by atoms with van der Waals surface area (Å²) in [5, 5.41) is 3.83. The molecule has 2 rings (SSSR count). The molecule has 0 unspecified atom stereocenters. The number of aromatic amines is 1. The van der Waals surface area contributed by atoms with Crippen LogP contribution in [0.5, 0.6) is 0 Å². The second-order valence-corrected chi connectivity index (χ2v) is 9.84. The van der Waals surface area contributed by atoms with Gasteiger partial charge in [0.15, 0.2) is 5.16 Å². The number of carbonyl (C=O) groups is 1. The van der Waals surface area contributed by atoms with Crippen LogP contribution in [0, 0.1) is 18.8 Å². The van der Waals surface area contributed by atoms with Gasteiger partial charge in [-0.2, -0.15) is 0 Å². The third kappa shape index (κ3) is 5.10. The maximum atomic E-state index is 12.7. The largest absolute Gasteiger partial charge is 0.355 e. The molecule has 1 amide bonds. The van der Waals surface area contributed by atoms with Gasteiger partial charge in [-0.15, -0.1) is 11.3 Å². The van der Waals surface area contributed by atoms with Gasteiger partial charge in [-0.1, -0.05) is 45.9 Å². The van der Waals surface area contributed by atoms with E-state index in [2.05, 4.69) is 49.9 Å². The number of aromatic nitrogens is 2. The molecule has 2 N–H and O–H groups in total. The van der Waals surface area contributed by atoms with Gasteiger partial charge in [-0.25, -0.2) is 4.98 Å². The normalized spacial score (nSPS) is 14.0. The molecule has 0 bridgehead atoms. The second kappa shape index (κ2) is 9.04. The summed E-state index contributed by atoms with van der Waals surface area (Å²) >= 11 is 2.86. The molecular formula is C19H29N3O2S2. The van der Waals surface area contributed by atoms with Gasteiger partial charge >= 0.3 is 0 Å². The van der Waals surface area contributed by atoms with Crippen LogP contribution in [0.25, 0.3) is 10.2 Å². The Kier molecular flexibility index (Phi) is 7.29. The van der Waals surface area contributed by atoms with Crippen molar-refractivity contribution in [2.75, 3.05) is 6.54 Å². The quantitative estimate of drug-likeness (QED) is 0.520. The standard InChI is InChI=1S/C19H29N3O2S2/c1-7-11(4)8-14-12(5)25-18-15(14)17(24)21-19(22-18)26-13(6)16(23)20-9-10(2)3/h10-11,13H,7-9H2,1-6H3,(H,20,23)(H,21,22,24)/t11-,13-/m1/s1. The summed E-state index contributed by atoms with van der Waals surface area (Å²) in [4.78, 5) is 34.2. The van der Waals surface area contributed by atoms with Crippen LogP contribution in [0.3, 0.4) is 0 Å². The smallest absolute Gasteiger partial charge is 0.260 e. The first kappa shape index (κ1) is 21.0. The zero-order valence-corrected chi connectivity index (χ0v) is 18.1. The van der Waals surface area contributed by atoms with Crippen LogP contribution in [0.1, 0.15) is 51.5 Å². The molecular weight excluding hydrogens is 366 g/mol. The zero-order valence-electron chi connectivity index (χ0n) is 16.4. The molecule has 2 aromatic rings. The van der Waals surface area contributed by atoms with Gasteiger partial charge in [-0.05, 0) is 37.7 Å². The second-order valence-electron chi connectivity index (χ2n) is 7.30. The van der Waals surface area contributed by atoms with E-state index in [0.717, 1.165) is 28.1 Å². The van der Waals surface area contributed by atoms with Crippen LogP contribution in [0.4, 0.5) is 0 Å². The monoisotopic (exact) mass is 395 g/mol. The van der Waals surface area contributed by atoms with Crippen molar-refractivity contribution in [3.05, 3.63) is 20.8 Å². The molecule has 0 aromatic carbocycles. The predicted octanol–water partition coefficient (Wildman–Crippen LogP) is 4.13. The highest BCUT2D eigenvalue weighted by Crippen LogP contribution is 2.31. The molecule has 0 fully saturated rings. The lowest BCUT2D eigenvalue weighted by Crippen LogP contribution is -2.33. The topological polar surface area (TPSA) is 74.8 Å². The number of hydrogen-bond acceptors (Lipinski definition) is 5. The van der Waals surface area contributed by atoms with E-state index in [1.54, 1.807) is 11.3 Å². The van der Waals surface area contributed by atoms with Gasteiger partial charge in [0, 0.05) is 11.4 Å². The van der Waals surface area contributed by atoms with E-state index in [4.69, 9.17) is 0 Å². The number of H-pyrrole nitrogens is 1. The first-order chi connectivity index (χ1) is 12.2. The molecule has 0 aliphatic rings. The SMILES string of the molecule is CC[C@@H](C)Cc1c(C)sc2nc(S[C@H](C)C(=O)NCC(C)C)[nH]c(=O)c12. The third-order valence-corrected chi connectivity index (χ3v) is 6.46. The van der Waals surface area contributed by atoms with Gasteiger partial charge in [0.1, 0.15) is 4.83 Å². The van der Waals surface area contributed by atoms with Crippen LogP contribution in [-0.4, -0.2) is 27.7 Å². The molecule has 2 atom stereocenters. The Balaban J connectivity index is 2.23. The average Bonchev–Trinajstić information content (AvgIpc) is 2.88. The fourth-order valence-corrected chi connectivity index (χ4v) is 4.55. The van der Waals surface area contributed by atoms with E-state index in [9.17, 15) is 9.59 Å². The van der Waals surface area contributed by atoms with E-state index in [0.29, 0.717) is 28.9 Å². The van der Waals surface area contributed by atoms with E-state index in [1.807, 2.05) is 6.92 Å². The average molecular weight is 396 g/mol. The Morgan fingerprint density at radius 3 is 2.62 bits per heavy atom. The number of nitrogens with one attached hydrogen (secondary N) is 2. The molecule has 0 aliphatic heterocycles. The minimum Gasteiger partial charge on any atom is -0.355 e. The fourth-order valence-electron chi connectivity index (χ4n) is 2.62. The fraction of sp³-hybridized carbons (Fsp3) is 0.632. The molecule has 0 saturated heterocycles. The van der Waals surface area contributed by atoms with Crippen molar-refractivity contribution >= 4 is 39.2 Å². The lowest BCUT2D eigenvalue weighted by Gasteiger charge is -2.12. The summed E-state index contributed by atoms with van der Waals surface area (Å²) < 4.78 is 0. The van der Waals surface area contributed by atoms with Crippen molar-refractivity contribution in [1.82, 2.24) is 15.3 Å². The number of aryl methyl sites for hydroxylation is 1. The van der Waals surface area contributed by atoms with Crippen molar-refractivity contribution in [3.8, 4) is 0 Å². The highest BCUT2D eigenvalue weighted by molar-refractivity contribution is 8.00. The summed E-state index contributed by atoms with van der Waals surface area (Å²) in [7, 11) is 0. The van der Waals surface area contributed by atoms with Gasteiger partial charge in [0.05, 0.1) is 10.6 Å². The van der Waals surface area contributed by atoms with Crippen LogP contribution < -0.4 is 10.9 Å². The minimum absolute atomic E-state index is 0.0359. The van der Waals surface area contributed by atoms with E-state index in [1.165, 1.54) is 11.8 Å². The molecule has 0 aliphatic carbocycles. The molecule has 26 heavy (non-hydrogen) atoms. The van der Waals surface area contributed by atoms with Gasteiger partial charge in [-0.3, -0.25) is 9.59 Å². The number of nitrogens with zero attached hydrogens (tertiary/aromatic N) is 1. The lowest BCUT2D eigenvalue weighted by molar-refractivity contribution is -0.120. The maximum absolute atomic E-state index is 12.7. The van der Waals surface area contributed by atoms with Crippen molar-refractivity contribution in [2.45, 2.75) is 64.8 Å². The minimum atomic E-state index is -0.310. The van der Waals surface area contributed by atoms with Crippen LogP contribution in [-0.2, 0) is 11.2 Å². The number of amides is 1. The Labute approximate surface area is 163 Å². The van der Waals surface area contributed by atoms with Crippen LogP contribution in [0.2, 0.25) is 0 Å².